The summed E-state index contributed by atoms with van der Waals surface area (Å²) in [7, 11) is 0. The van der Waals surface area contributed by atoms with E-state index >= 15 is 0 Å². The first kappa shape index (κ1) is 13.6. The average Bonchev–Trinajstić information content (AvgIpc) is 2.93. The van der Waals surface area contributed by atoms with Crippen LogP contribution in [-0.4, -0.2) is 22.3 Å². The highest BCUT2D eigenvalue weighted by atomic mass is 32.1. The molecular weight excluding hydrogens is 270 g/mol. The first-order chi connectivity index (χ1) is 9.11. The fourth-order valence-corrected chi connectivity index (χ4v) is 2.19. The summed E-state index contributed by atoms with van der Waals surface area (Å²) >= 11 is 1.34. The summed E-state index contributed by atoms with van der Waals surface area (Å²) in [6.45, 7) is 2.52. The predicted octanol–water partition coefficient (Wildman–Crippen LogP) is 3.08. The summed E-state index contributed by atoms with van der Waals surface area (Å²) < 4.78 is 26.0. The van der Waals surface area contributed by atoms with Crippen molar-refractivity contribution in [1.82, 2.24) is 9.88 Å². The highest BCUT2D eigenvalue weighted by Gasteiger charge is 2.16. The SMILES string of the molecule is CCN(Cc1ccc(F)c(F)c1)C(=O)c1cscn1. The summed E-state index contributed by atoms with van der Waals surface area (Å²) in [5.41, 5.74) is 2.50. The van der Waals surface area contributed by atoms with Crippen molar-refractivity contribution in [3.8, 4) is 0 Å². The third kappa shape index (κ3) is 3.14. The molecule has 0 spiro atoms. The molecule has 1 aromatic carbocycles. The molecule has 0 aliphatic heterocycles. The maximum absolute atomic E-state index is 13.1. The van der Waals surface area contributed by atoms with Crippen LogP contribution in [0, 0.1) is 11.6 Å². The summed E-state index contributed by atoms with van der Waals surface area (Å²) in [5.74, 6) is -2.01. The minimum absolute atomic E-state index is 0.214. The zero-order valence-electron chi connectivity index (χ0n) is 10.3. The molecule has 6 heteroatoms. The van der Waals surface area contributed by atoms with E-state index in [1.807, 2.05) is 6.92 Å². The van der Waals surface area contributed by atoms with Gasteiger partial charge in [0.2, 0.25) is 0 Å². The van der Waals surface area contributed by atoms with Crippen LogP contribution in [0.15, 0.2) is 29.1 Å². The second-order valence-corrected chi connectivity index (χ2v) is 4.66. The van der Waals surface area contributed by atoms with E-state index in [1.165, 1.54) is 22.3 Å². The fourth-order valence-electron chi connectivity index (χ4n) is 1.67. The molecule has 3 nitrogen and oxygen atoms in total. The minimum Gasteiger partial charge on any atom is -0.333 e. The molecule has 2 aromatic rings. The Labute approximate surface area is 113 Å². The van der Waals surface area contributed by atoms with Gasteiger partial charge in [0.25, 0.3) is 5.91 Å². The van der Waals surface area contributed by atoms with Gasteiger partial charge in [0.05, 0.1) is 5.51 Å². The van der Waals surface area contributed by atoms with Crippen LogP contribution in [0.2, 0.25) is 0 Å². The molecule has 0 radical (unpaired) electrons. The molecule has 1 heterocycles. The van der Waals surface area contributed by atoms with Gasteiger partial charge in [0, 0.05) is 18.5 Å². The lowest BCUT2D eigenvalue weighted by Gasteiger charge is -2.20. The monoisotopic (exact) mass is 282 g/mol. The van der Waals surface area contributed by atoms with Crippen LogP contribution in [0.4, 0.5) is 8.78 Å². The van der Waals surface area contributed by atoms with E-state index in [0.717, 1.165) is 12.1 Å². The van der Waals surface area contributed by atoms with E-state index in [4.69, 9.17) is 0 Å². The van der Waals surface area contributed by atoms with Gasteiger partial charge in [-0.25, -0.2) is 13.8 Å². The molecule has 0 atom stereocenters. The molecule has 2 rings (SSSR count). The molecule has 0 aliphatic rings. The van der Waals surface area contributed by atoms with Gasteiger partial charge >= 0.3 is 0 Å². The topological polar surface area (TPSA) is 33.2 Å². The Morgan fingerprint density at radius 3 is 2.74 bits per heavy atom. The smallest absolute Gasteiger partial charge is 0.273 e. The van der Waals surface area contributed by atoms with Crippen LogP contribution in [0.3, 0.4) is 0 Å². The van der Waals surface area contributed by atoms with E-state index in [-0.39, 0.29) is 12.5 Å². The molecule has 0 bridgehead atoms. The summed E-state index contributed by atoms with van der Waals surface area (Å²) in [6, 6.07) is 3.63. The number of carbonyl (C=O) groups excluding carboxylic acids is 1. The Morgan fingerprint density at radius 2 is 2.16 bits per heavy atom. The number of rotatable bonds is 4. The highest BCUT2D eigenvalue weighted by molar-refractivity contribution is 7.07. The summed E-state index contributed by atoms with van der Waals surface area (Å²) in [5, 5.41) is 1.66. The van der Waals surface area contributed by atoms with E-state index < -0.39 is 11.6 Å². The molecule has 0 N–H and O–H groups in total. The van der Waals surface area contributed by atoms with Gasteiger partial charge in [-0.05, 0) is 24.6 Å². The van der Waals surface area contributed by atoms with Gasteiger partial charge in [-0.15, -0.1) is 11.3 Å². The Morgan fingerprint density at radius 1 is 1.37 bits per heavy atom. The normalized spacial score (nSPS) is 10.5. The van der Waals surface area contributed by atoms with E-state index in [9.17, 15) is 13.6 Å². The number of benzene rings is 1. The van der Waals surface area contributed by atoms with Crippen molar-refractivity contribution >= 4 is 17.2 Å². The van der Waals surface area contributed by atoms with Gasteiger partial charge in [-0.1, -0.05) is 6.07 Å². The number of thiazole rings is 1. The van der Waals surface area contributed by atoms with Crippen molar-refractivity contribution in [2.24, 2.45) is 0 Å². The van der Waals surface area contributed by atoms with Crippen molar-refractivity contribution in [1.29, 1.82) is 0 Å². The second kappa shape index (κ2) is 5.88. The molecule has 100 valence electrons. The number of nitrogens with zero attached hydrogens (tertiary/aromatic N) is 2. The summed E-state index contributed by atoms with van der Waals surface area (Å²) in [4.78, 5) is 17.6. The number of halogens is 2. The zero-order chi connectivity index (χ0) is 13.8. The maximum Gasteiger partial charge on any atom is 0.273 e. The van der Waals surface area contributed by atoms with Crippen LogP contribution in [0.1, 0.15) is 23.0 Å². The number of hydrogen-bond acceptors (Lipinski definition) is 3. The number of aromatic nitrogens is 1. The zero-order valence-corrected chi connectivity index (χ0v) is 11.1. The third-order valence-corrected chi connectivity index (χ3v) is 3.26. The fraction of sp³-hybridized carbons (Fsp3) is 0.231. The molecule has 1 aromatic heterocycles. The summed E-state index contributed by atoms with van der Waals surface area (Å²) in [6.07, 6.45) is 0. The maximum atomic E-state index is 13.1. The molecule has 0 fully saturated rings. The van der Waals surface area contributed by atoms with Crippen LogP contribution in [0.5, 0.6) is 0 Å². The van der Waals surface area contributed by atoms with Crippen molar-refractivity contribution in [3.05, 3.63) is 52.0 Å². The largest absolute Gasteiger partial charge is 0.333 e. The van der Waals surface area contributed by atoms with Crippen molar-refractivity contribution < 1.29 is 13.6 Å². The minimum atomic E-state index is -0.908. The number of amides is 1. The average molecular weight is 282 g/mol. The second-order valence-electron chi connectivity index (χ2n) is 3.94. The molecule has 19 heavy (non-hydrogen) atoms. The number of hydrogen-bond donors (Lipinski definition) is 0. The van der Waals surface area contributed by atoms with Crippen molar-refractivity contribution in [3.63, 3.8) is 0 Å². The Balaban J connectivity index is 2.15. The molecule has 0 saturated carbocycles. The van der Waals surface area contributed by atoms with Gasteiger partial charge < -0.3 is 4.90 Å². The van der Waals surface area contributed by atoms with Crippen LogP contribution >= 0.6 is 11.3 Å². The standard InChI is InChI=1S/C13H12F2N2OS/c1-2-17(13(18)12-7-19-8-16-12)6-9-3-4-10(14)11(15)5-9/h3-5,7-8H,2,6H2,1H3. The first-order valence-corrected chi connectivity index (χ1v) is 6.67. The first-order valence-electron chi connectivity index (χ1n) is 5.73. The van der Waals surface area contributed by atoms with Gasteiger partial charge in [-0.3, -0.25) is 4.79 Å². The Hall–Kier alpha value is -1.82. The Bertz CT molecular complexity index is 572. The molecule has 0 saturated heterocycles. The lowest BCUT2D eigenvalue weighted by Crippen LogP contribution is -2.30. The molecule has 0 unspecified atom stereocenters. The van der Waals surface area contributed by atoms with Gasteiger partial charge in [0.15, 0.2) is 11.6 Å². The molecular formula is C13H12F2N2OS. The quantitative estimate of drug-likeness (QED) is 0.863. The molecule has 1 amide bonds. The van der Waals surface area contributed by atoms with Crippen molar-refractivity contribution in [2.45, 2.75) is 13.5 Å². The van der Waals surface area contributed by atoms with Crippen molar-refractivity contribution in [2.75, 3.05) is 6.54 Å². The lowest BCUT2D eigenvalue weighted by molar-refractivity contribution is 0.0747. The molecule has 0 aliphatic carbocycles. The Kier molecular flexibility index (Phi) is 4.21. The van der Waals surface area contributed by atoms with Gasteiger partial charge in [0.1, 0.15) is 5.69 Å². The van der Waals surface area contributed by atoms with Crippen LogP contribution < -0.4 is 0 Å². The van der Waals surface area contributed by atoms with Crippen LogP contribution in [0.25, 0.3) is 0 Å². The predicted molar refractivity (Wildman–Crippen MR) is 68.9 cm³/mol. The third-order valence-electron chi connectivity index (χ3n) is 2.68. The van der Waals surface area contributed by atoms with Crippen LogP contribution in [-0.2, 0) is 6.54 Å². The van der Waals surface area contributed by atoms with Gasteiger partial charge in [-0.2, -0.15) is 0 Å². The van der Waals surface area contributed by atoms with E-state index in [0.29, 0.717) is 17.8 Å². The van der Waals surface area contributed by atoms with E-state index in [1.54, 1.807) is 10.9 Å². The highest BCUT2D eigenvalue weighted by Crippen LogP contribution is 2.13. The number of carbonyl (C=O) groups is 1. The lowest BCUT2D eigenvalue weighted by atomic mass is 10.2. The van der Waals surface area contributed by atoms with E-state index in [2.05, 4.69) is 4.98 Å².